The van der Waals surface area contributed by atoms with E-state index < -0.39 is 0 Å². The van der Waals surface area contributed by atoms with Gasteiger partial charge in [0.05, 0.1) is 12.7 Å². The quantitative estimate of drug-likeness (QED) is 0.368. The number of hydrogen-bond acceptors (Lipinski definition) is 3. The molecule has 0 heterocycles. The van der Waals surface area contributed by atoms with Crippen molar-refractivity contribution in [3.8, 4) is 5.75 Å². The Morgan fingerprint density at radius 2 is 2.19 bits per heavy atom. The van der Waals surface area contributed by atoms with Crippen LogP contribution >= 0.6 is 11.6 Å². The highest BCUT2D eigenvalue weighted by molar-refractivity contribution is 6.31. The smallest absolute Gasteiger partial charge is 0.146 e. The molecule has 0 saturated carbocycles. The first-order chi connectivity index (χ1) is 7.58. The predicted molar refractivity (Wildman–Crippen MR) is 67.0 cm³/mol. The highest BCUT2D eigenvalue weighted by Crippen LogP contribution is 2.22. The van der Waals surface area contributed by atoms with E-state index in [1.54, 1.807) is 25.3 Å². The highest BCUT2D eigenvalue weighted by atomic mass is 35.5. The van der Waals surface area contributed by atoms with Crippen LogP contribution in [0.4, 0.5) is 0 Å². The van der Waals surface area contributed by atoms with Crippen LogP contribution in [0.5, 0.6) is 5.75 Å². The normalized spacial score (nSPS) is 11.8. The molecule has 0 unspecified atom stereocenters. The van der Waals surface area contributed by atoms with E-state index in [1.165, 1.54) is 0 Å². The average Bonchev–Trinajstić information content (AvgIpc) is 2.25. The van der Waals surface area contributed by atoms with Crippen molar-refractivity contribution in [3.63, 3.8) is 0 Å². The Morgan fingerprint density at radius 3 is 2.69 bits per heavy atom. The summed E-state index contributed by atoms with van der Waals surface area (Å²) in [4.78, 5) is 4.36. The maximum absolute atomic E-state index is 5.93. The van der Waals surface area contributed by atoms with Crippen molar-refractivity contribution in [2.75, 3.05) is 7.11 Å². The molecule has 0 atom stereocenters. The Morgan fingerprint density at radius 1 is 1.50 bits per heavy atom. The molecule has 0 aliphatic rings. The third-order valence-corrected chi connectivity index (χ3v) is 2.18. The van der Waals surface area contributed by atoms with Gasteiger partial charge in [-0.2, -0.15) is 0 Å². The van der Waals surface area contributed by atoms with Crippen LogP contribution < -0.4 is 16.0 Å². The number of amidine groups is 1. The lowest BCUT2D eigenvalue weighted by molar-refractivity contribution is 0.413. The fourth-order valence-electron chi connectivity index (χ4n) is 1.31. The molecule has 0 saturated heterocycles. The zero-order valence-corrected chi connectivity index (χ0v) is 10.4. The Balaban J connectivity index is 3.22. The topological polar surface area (TPSA) is 59.6 Å². The van der Waals surface area contributed by atoms with Crippen LogP contribution in [0, 0.1) is 0 Å². The van der Waals surface area contributed by atoms with Crippen LogP contribution in [0.1, 0.15) is 19.4 Å². The van der Waals surface area contributed by atoms with Crippen molar-refractivity contribution in [2.24, 2.45) is 10.8 Å². The van der Waals surface area contributed by atoms with E-state index in [0.29, 0.717) is 16.6 Å². The fourth-order valence-corrected chi connectivity index (χ4v) is 1.48. The van der Waals surface area contributed by atoms with Crippen LogP contribution in [0.25, 0.3) is 0 Å². The molecule has 88 valence electrons. The molecular formula is C11H16ClN3O. The number of hydrazine groups is 1. The molecule has 1 aromatic carbocycles. The average molecular weight is 242 g/mol. The summed E-state index contributed by atoms with van der Waals surface area (Å²) in [6.45, 7) is 3.93. The summed E-state index contributed by atoms with van der Waals surface area (Å²) in [7, 11) is 1.59. The first kappa shape index (κ1) is 12.8. The van der Waals surface area contributed by atoms with Crippen molar-refractivity contribution in [2.45, 2.75) is 19.9 Å². The summed E-state index contributed by atoms with van der Waals surface area (Å²) in [5.74, 6) is 6.69. The van der Waals surface area contributed by atoms with Crippen LogP contribution in [-0.2, 0) is 0 Å². The number of ether oxygens (including phenoxy) is 1. The van der Waals surface area contributed by atoms with E-state index in [1.807, 2.05) is 13.8 Å². The van der Waals surface area contributed by atoms with E-state index in [0.717, 1.165) is 5.56 Å². The number of methoxy groups -OCH3 is 1. The molecule has 0 aliphatic carbocycles. The van der Waals surface area contributed by atoms with Gasteiger partial charge in [0.2, 0.25) is 0 Å². The summed E-state index contributed by atoms with van der Waals surface area (Å²) in [6.07, 6.45) is 0. The molecule has 16 heavy (non-hydrogen) atoms. The molecule has 0 radical (unpaired) electrons. The minimum absolute atomic E-state index is 0.134. The van der Waals surface area contributed by atoms with Crippen molar-refractivity contribution < 1.29 is 4.74 Å². The van der Waals surface area contributed by atoms with E-state index in [-0.39, 0.29) is 6.04 Å². The van der Waals surface area contributed by atoms with Gasteiger partial charge in [-0.15, -0.1) is 0 Å². The van der Waals surface area contributed by atoms with Crippen LogP contribution in [0.2, 0.25) is 5.02 Å². The van der Waals surface area contributed by atoms with Gasteiger partial charge in [-0.05, 0) is 32.0 Å². The Hall–Kier alpha value is -1.26. The largest absolute Gasteiger partial charge is 0.496 e. The number of aliphatic imine (C=N–C) groups is 1. The molecule has 0 spiro atoms. The molecule has 1 aromatic rings. The maximum Gasteiger partial charge on any atom is 0.146 e. The minimum Gasteiger partial charge on any atom is -0.496 e. The second kappa shape index (κ2) is 5.72. The number of nitrogens with one attached hydrogen (secondary N) is 1. The number of benzene rings is 1. The third-order valence-electron chi connectivity index (χ3n) is 1.94. The summed E-state index contributed by atoms with van der Waals surface area (Å²) in [6, 6.07) is 5.44. The van der Waals surface area contributed by atoms with Gasteiger partial charge in [0.15, 0.2) is 0 Å². The second-order valence-electron chi connectivity index (χ2n) is 3.56. The first-order valence-corrected chi connectivity index (χ1v) is 5.34. The van der Waals surface area contributed by atoms with E-state index >= 15 is 0 Å². The predicted octanol–water partition coefficient (Wildman–Crippen LogP) is 1.97. The number of halogens is 1. The maximum atomic E-state index is 5.93. The van der Waals surface area contributed by atoms with Gasteiger partial charge < -0.3 is 10.2 Å². The number of rotatable bonds is 3. The van der Waals surface area contributed by atoms with Crippen LogP contribution in [-0.4, -0.2) is 19.0 Å². The van der Waals surface area contributed by atoms with Gasteiger partial charge in [-0.1, -0.05) is 11.6 Å². The van der Waals surface area contributed by atoms with Crippen LogP contribution in [0.15, 0.2) is 23.2 Å². The van der Waals surface area contributed by atoms with Gasteiger partial charge in [-0.3, -0.25) is 4.99 Å². The molecule has 0 aliphatic heterocycles. The van der Waals surface area contributed by atoms with Gasteiger partial charge in [0.1, 0.15) is 11.6 Å². The highest BCUT2D eigenvalue weighted by Gasteiger charge is 2.10. The number of nitrogens with zero attached hydrogens (tertiary/aromatic N) is 1. The molecular weight excluding hydrogens is 226 g/mol. The molecule has 4 nitrogen and oxygen atoms in total. The summed E-state index contributed by atoms with van der Waals surface area (Å²) >= 11 is 5.93. The monoisotopic (exact) mass is 241 g/mol. The zero-order chi connectivity index (χ0) is 12.1. The number of hydrogen-bond donors (Lipinski definition) is 2. The molecule has 0 amide bonds. The lowest BCUT2D eigenvalue weighted by Crippen LogP contribution is -2.32. The van der Waals surface area contributed by atoms with Gasteiger partial charge in [0.25, 0.3) is 0 Å². The van der Waals surface area contributed by atoms with Crippen molar-refractivity contribution >= 4 is 17.4 Å². The fraction of sp³-hybridized carbons (Fsp3) is 0.364. The van der Waals surface area contributed by atoms with Gasteiger partial charge in [0, 0.05) is 11.1 Å². The molecule has 3 N–H and O–H groups in total. The molecule has 0 bridgehead atoms. The lowest BCUT2D eigenvalue weighted by atomic mass is 10.2. The third kappa shape index (κ3) is 3.12. The first-order valence-electron chi connectivity index (χ1n) is 4.96. The van der Waals surface area contributed by atoms with Crippen molar-refractivity contribution in [1.82, 2.24) is 5.43 Å². The molecule has 5 heteroatoms. The Bertz CT molecular complexity index is 391. The summed E-state index contributed by atoms with van der Waals surface area (Å²) < 4.78 is 5.23. The van der Waals surface area contributed by atoms with Crippen LogP contribution in [0.3, 0.4) is 0 Å². The van der Waals surface area contributed by atoms with Crippen molar-refractivity contribution in [1.29, 1.82) is 0 Å². The standard InChI is InChI=1S/C11H16ClN3O/c1-7(2)14-11(15-13)9-6-8(12)4-5-10(9)16-3/h4-7H,13H2,1-3H3,(H,14,15). The molecule has 0 aromatic heterocycles. The minimum atomic E-state index is 0.134. The summed E-state index contributed by atoms with van der Waals surface area (Å²) in [5, 5.41) is 0.613. The molecule has 0 fully saturated rings. The SMILES string of the molecule is COc1ccc(Cl)cc1C(=NC(C)C)NN. The van der Waals surface area contributed by atoms with Crippen molar-refractivity contribution in [3.05, 3.63) is 28.8 Å². The second-order valence-corrected chi connectivity index (χ2v) is 4.00. The number of nitrogens with two attached hydrogens (primary N) is 1. The Kier molecular flexibility index (Phi) is 4.58. The van der Waals surface area contributed by atoms with E-state index in [2.05, 4.69) is 10.4 Å². The van der Waals surface area contributed by atoms with Gasteiger partial charge >= 0.3 is 0 Å². The summed E-state index contributed by atoms with van der Waals surface area (Å²) in [5.41, 5.74) is 3.32. The molecule has 1 rings (SSSR count). The van der Waals surface area contributed by atoms with E-state index in [4.69, 9.17) is 22.2 Å². The van der Waals surface area contributed by atoms with E-state index in [9.17, 15) is 0 Å². The van der Waals surface area contributed by atoms with Gasteiger partial charge in [-0.25, -0.2) is 5.84 Å². The lowest BCUT2D eigenvalue weighted by Gasteiger charge is -2.12. The Labute approximate surface area is 100 Å². The zero-order valence-electron chi connectivity index (χ0n) is 9.62.